The zero-order valence-electron chi connectivity index (χ0n) is 17.6. The van der Waals surface area contributed by atoms with Crippen LogP contribution < -0.4 is 10.1 Å². The molecule has 0 saturated heterocycles. The van der Waals surface area contributed by atoms with E-state index < -0.39 is 28.9 Å². The first-order valence-corrected chi connectivity index (χ1v) is 10.1. The summed E-state index contributed by atoms with van der Waals surface area (Å²) in [5.41, 5.74) is 0.238. The van der Waals surface area contributed by atoms with Crippen molar-refractivity contribution in [2.24, 2.45) is 17.3 Å². The van der Waals surface area contributed by atoms with Crippen LogP contribution in [0.15, 0.2) is 48.3 Å². The number of aromatic nitrogens is 3. The molecule has 3 atom stereocenters. The highest BCUT2D eigenvalue weighted by atomic mass is 19.1. The molecule has 7 nitrogen and oxygen atoms in total. The van der Waals surface area contributed by atoms with Crippen molar-refractivity contribution in [3.8, 4) is 11.8 Å². The number of nitriles is 1. The summed E-state index contributed by atoms with van der Waals surface area (Å²) in [6.07, 6.45) is 5.54. The number of amides is 1. The number of nitrogens with one attached hydrogen (secondary N) is 1. The number of aryl methyl sites for hydroxylation is 2. The quantitative estimate of drug-likeness (QED) is 0.730. The van der Waals surface area contributed by atoms with Crippen molar-refractivity contribution in [2.75, 3.05) is 11.9 Å². The summed E-state index contributed by atoms with van der Waals surface area (Å²) >= 11 is 0. The fourth-order valence-electron chi connectivity index (χ4n) is 4.11. The number of pyridine rings is 1. The van der Waals surface area contributed by atoms with Gasteiger partial charge in [-0.3, -0.25) is 4.79 Å². The van der Waals surface area contributed by atoms with Crippen LogP contribution in [0, 0.1) is 42.4 Å². The normalized spacial score (nSPS) is 24.1. The molecule has 0 aliphatic heterocycles. The molecule has 1 saturated carbocycles. The Morgan fingerprint density at radius 3 is 2.78 bits per heavy atom. The molecule has 2 aliphatic carbocycles. The molecule has 9 heteroatoms. The van der Waals surface area contributed by atoms with Gasteiger partial charge in [0.1, 0.15) is 29.4 Å². The van der Waals surface area contributed by atoms with Crippen LogP contribution in [0.1, 0.15) is 29.9 Å². The van der Waals surface area contributed by atoms with Gasteiger partial charge in [-0.1, -0.05) is 0 Å². The fourth-order valence-corrected chi connectivity index (χ4v) is 4.11. The SMILES string of the molecule is Cc1ncc(OC[C@@]2(C3C=C(F)C=C(F)C3)C[C@H]2C(=O)Nc2ccc(C#N)cn2)c(C)n1. The maximum absolute atomic E-state index is 14.0. The van der Waals surface area contributed by atoms with Crippen LogP contribution in [-0.2, 0) is 4.79 Å². The molecule has 0 radical (unpaired) electrons. The van der Waals surface area contributed by atoms with Gasteiger partial charge in [0, 0.05) is 30.0 Å². The zero-order chi connectivity index (χ0) is 22.9. The van der Waals surface area contributed by atoms with Crippen molar-refractivity contribution < 1.29 is 18.3 Å². The minimum atomic E-state index is -0.781. The number of rotatable bonds is 6. The molecule has 1 fully saturated rings. The lowest BCUT2D eigenvalue weighted by molar-refractivity contribution is -0.118. The predicted molar refractivity (Wildman–Crippen MR) is 112 cm³/mol. The Kier molecular flexibility index (Phi) is 5.70. The summed E-state index contributed by atoms with van der Waals surface area (Å²) in [7, 11) is 0. The van der Waals surface area contributed by atoms with E-state index in [-0.39, 0.29) is 18.9 Å². The molecular formula is C23H21F2N5O2. The Bertz CT molecular complexity index is 1160. The van der Waals surface area contributed by atoms with Crippen LogP contribution in [0.25, 0.3) is 0 Å². The molecule has 4 rings (SSSR count). The molecule has 0 bridgehead atoms. The number of carbonyl (C=O) groups excluding carboxylic acids is 1. The largest absolute Gasteiger partial charge is 0.489 e. The van der Waals surface area contributed by atoms with Gasteiger partial charge in [-0.25, -0.2) is 23.7 Å². The van der Waals surface area contributed by atoms with Crippen molar-refractivity contribution in [1.82, 2.24) is 15.0 Å². The van der Waals surface area contributed by atoms with Gasteiger partial charge < -0.3 is 10.1 Å². The number of anilines is 1. The molecule has 1 amide bonds. The van der Waals surface area contributed by atoms with Crippen LogP contribution >= 0.6 is 0 Å². The van der Waals surface area contributed by atoms with E-state index in [1.54, 1.807) is 26.1 Å². The summed E-state index contributed by atoms with van der Waals surface area (Å²) in [4.78, 5) is 25.4. The highest BCUT2D eigenvalue weighted by molar-refractivity contribution is 5.94. The number of hydrogen-bond donors (Lipinski definition) is 1. The molecule has 2 aliphatic rings. The predicted octanol–water partition coefficient (Wildman–Crippen LogP) is 4.11. The Labute approximate surface area is 183 Å². The minimum Gasteiger partial charge on any atom is -0.489 e. The van der Waals surface area contributed by atoms with Gasteiger partial charge in [0.05, 0.1) is 24.1 Å². The van der Waals surface area contributed by atoms with Crippen molar-refractivity contribution in [3.63, 3.8) is 0 Å². The summed E-state index contributed by atoms with van der Waals surface area (Å²) in [5.74, 6) is -1.23. The lowest BCUT2D eigenvalue weighted by Crippen LogP contribution is -2.30. The number of hydrogen-bond acceptors (Lipinski definition) is 6. The summed E-state index contributed by atoms with van der Waals surface area (Å²) in [6.45, 7) is 3.63. The molecule has 2 heterocycles. The van der Waals surface area contributed by atoms with E-state index in [1.165, 1.54) is 18.3 Å². The molecule has 0 aromatic carbocycles. The topological polar surface area (TPSA) is 101 Å². The summed E-state index contributed by atoms with van der Waals surface area (Å²) in [5, 5.41) is 11.6. The van der Waals surface area contributed by atoms with Crippen LogP contribution in [0.4, 0.5) is 14.6 Å². The zero-order valence-corrected chi connectivity index (χ0v) is 17.6. The molecular weight excluding hydrogens is 416 g/mol. The molecule has 164 valence electrons. The fraction of sp³-hybridized carbons (Fsp3) is 0.348. The number of halogens is 2. The average molecular weight is 437 g/mol. The van der Waals surface area contributed by atoms with E-state index in [9.17, 15) is 13.6 Å². The van der Waals surface area contributed by atoms with E-state index in [0.29, 0.717) is 35.1 Å². The van der Waals surface area contributed by atoms with Gasteiger partial charge in [0.25, 0.3) is 0 Å². The maximum atomic E-state index is 14.0. The van der Waals surface area contributed by atoms with E-state index in [2.05, 4.69) is 20.3 Å². The van der Waals surface area contributed by atoms with Gasteiger partial charge in [-0.05, 0) is 44.4 Å². The van der Waals surface area contributed by atoms with Crippen LogP contribution in [-0.4, -0.2) is 27.5 Å². The second kappa shape index (κ2) is 8.46. The molecule has 1 unspecified atom stereocenters. The van der Waals surface area contributed by atoms with Gasteiger partial charge in [-0.15, -0.1) is 0 Å². The maximum Gasteiger partial charge on any atom is 0.229 e. The number of ether oxygens (including phenoxy) is 1. The van der Waals surface area contributed by atoms with E-state index in [1.807, 2.05) is 6.07 Å². The van der Waals surface area contributed by atoms with Crippen molar-refractivity contribution >= 4 is 11.7 Å². The Hall–Kier alpha value is -3.67. The lowest BCUT2D eigenvalue weighted by atomic mass is 9.82. The second-order valence-electron chi connectivity index (χ2n) is 8.13. The smallest absolute Gasteiger partial charge is 0.229 e. The van der Waals surface area contributed by atoms with Crippen LogP contribution in [0.5, 0.6) is 5.75 Å². The number of carbonyl (C=O) groups is 1. The molecule has 2 aromatic heterocycles. The average Bonchev–Trinajstić information content (AvgIpc) is 3.49. The third kappa shape index (κ3) is 4.35. The molecule has 32 heavy (non-hydrogen) atoms. The van der Waals surface area contributed by atoms with E-state index in [4.69, 9.17) is 10.00 Å². The van der Waals surface area contributed by atoms with Gasteiger partial charge in [0.2, 0.25) is 5.91 Å². The van der Waals surface area contributed by atoms with Crippen molar-refractivity contribution in [1.29, 1.82) is 5.26 Å². The lowest BCUT2D eigenvalue weighted by Gasteiger charge is -2.27. The summed E-state index contributed by atoms with van der Waals surface area (Å²) < 4.78 is 34.0. The highest BCUT2D eigenvalue weighted by Gasteiger charge is 2.63. The first-order chi connectivity index (χ1) is 15.3. The van der Waals surface area contributed by atoms with Gasteiger partial charge in [-0.2, -0.15) is 5.26 Å². The Morgan fingerprint density at radius 1 is 1.31 bits per heavy atom. The monoisotopic (exact) mass is 437 g/mol. The third-order valence-electron chi connectivity index (χ3n) is 5.94. The first-order valence-electron chi connectivity index (χ1n) is 10.1. The Balaban J connectivity index is 1.54. The van der Waals surface area contributed by atoms with Crippen LogP contribution in [0.3, 0.4) is 0 Å². The number of nitrogens with zero attached hydrogens (tertiary/aromatic N) is 4. The van der Waals surface area contributed by atoms with E-state index >= 15 is 0 Å². The molecule has 1 N–H and O–H groups in total. The Morgan fingerprint density at radius 2 is 2.12 bits per heavy atom. The van der Waals surface area contributed by atoms with Gasteiger partial charge >= 0.3 is 0 Å². The van der Waals surface area contributed by atoms with Crippen molar-refractivity contribution in [3.05, 3.63) is 65.4 Å². The third-order valence-corrected chi connectivity index (χ3v) is 5.94. The first kappa shape index (κ1) is 21.6. The standard InChI is InChI=1S/C23H21F2N5O2/c1-13-20(11-27-14(2)29-13)32-12-23(16-5-17(24)7-18(25)6-16)8-19(23)22(31)30-21-4-3-15(9-26)10-28-21/h3-5,7,10-11,16,19H,6,8,12H2,1-2H3,(H,28,30,31)/t16?,19-,23+/m0/s1. The number of allylic oxidation sites excluding steroid dienone is 4. The summed E-state index contributed by atoms with van der Waals surface area (Å²) in [6, 6.07) is 5.04. The van der Waals surface area contributed by atoms with E-state index in [0.717, 1.165) is 6.08 Å². The van der Waals surface area contributed by atoms with Crippen molar-refractivity contribution in [2.45, 2.75) is 26.7 Å². The molecule has 0 spiro atoms. The minimum absolute atomic E-state index is 0.000936. The highest BCUT2D eigenvalue weighted by Crippen LogP contribution is 2.61. The second-order valence-corrected chi connectivity index (χ2v) is 8.13. The molecule has 2 aromatic rings. The van der Waals surface area contributed by atoms with Crippen LogP contribution in [0.2, 0.25) is 0 Å². The van der Waals surface area contributed by atoms with Gasteiger partial charge in [0.15, 0.2) is 5.75 Å².